The minimum atomic E-state index is 0.633. The van der Waals surface area contributed by atoms with E-state index in [-0.39, 0.29) is 0 Å². The summed E-state index contributed by atoms with van der Waals surface area (Å²) in [6.45, 7) is 5.35. The van der Waals surface area contributed by atoms with Crippen LogP contribution in [-0.4, -0.2) is 25.8 Å². The maximum absolute atomic E-state index is 5.74. The Balaban J connectivity index is 1.75. The van der Waals surface area contributed by atoms with Gasteiger partial charge in [-0.3, -0.25) is 0 Å². The molecule has 1 N–H and O–H groups in total. The van der Waals surface area contributed by atoms with Crippen LogP contribution in [0.5, 0.6) is 0 Å². The highest BCUT2D eigenvalue weighted by molar-refractivity contribution is 4.71. The highest BCUT2D eigenvalue weighted by Gasteiger charge is 2.11. The lowest BCUT2D eigenvalue weighted by Crippen LogP contribution is -2.37. The number of unbranched alkanes of at least 4 members (excludes halogenated alkanes) is 6. The van der Waals surface area contributed by atoms with Gasteiger partial charge in [0.2, 0.25) is 0 Å². The second-order valence-corrected chi connectivity index (χ2v) is 5.34. The normalized spacial score (nSPS) is 20.6. The second kappa shape index (κ2) is 11.0. The van der Waals surface area contributed by atoms with Crippen LogP contribution in [0.1, 0.15) is 71.1 Å². The molecule has 102 valence electrons. The third-order valence-electron chi connectivity index (χ3n) is 3.62. The van der Waals surface area contributed by atoms with Crippen molar-refractivity contribution < 1.29 is 4.74 Å². The Morgan fingerprint density at radius 1 is 1.00 bits per heavy atom. The van der Waals surface area contributed by atoms with E-state index < -0.39 is 0 Å². The van der Waals surface area contributed by atoms with Gasteiger partial charge < -0.3 is 10.1 Å². The molecule has 0 spiro atoms. The lowest BCUT2D eigenvalue weighted by molar-refractivity contribution is 0.0997. The van der Waals surface area contributed by atoms with Gasteiger partial charge in [0.05, 0.1) is 6.61 Å². The molecule has 0 aromatic heterocycles. The van der Waals surface area contributed by atoms with Gasteiger partial charge in [-0.2, -0.15) is 0 Å². The summed E-state index contributed by atoms with van der Waals surface area (Å²) in [6.07, 6.45) is 13.6. The highest BCUT2D eigenvalue weighted by Crippen LogP contribution is 2.09. The first-order chi connectivity index (χ1) is 8.43. The van der Waals surface area contributed by atoms with Crippen LogP contribution >= 0.6 is 0 Å². The Bertz CT molecular complexity index is 155. The molecule has 2 heteroatoms. The van der Waals surface area contributed by atoms with Gasteiger partial charge in [-0.1, -0.05) is 51.9 Å². The van der Waals surface area contributed by atoms with Gasteiger partial charge in [-0.15, -0.1) is 0 Å². The van der Waals surface area contributed by atoms with Crippen LogP contribution in [-0.2, 0) is 4.74 Å². The van der Waals surface area contributed by atoms with Gasteiger partial charge in [0.25, 0.3) is 0 Å². The second-order valence-electron chi connectivity index (χ2n) is 5.34. The van der Waals surface area contributed by atoms with Crippen molar-refractivity contribution in [2.45, 2.75) is 77.2 Å². The average molecular weight is 241 g/mol. The molecule has 0 bridgehead atoms. The monoisotopic (exact) mass is 241 g/mol. The SMILES string of the molecule is CCCCCCCCCOCC1CCCCN1. The molecule has 1 fully saturated rings. The summed E-state index contributed by atoms with van der Waals surface area (Å²) in [5.41, 5.74) is 0. The fourth-order valence-corrected chi connectivity index (χ4v) is 2.45. The fraction of sp³-hybridized carbons (Fsp3) is 1.00. The summed E-state index contributed by atoms with van der Waals surface area (Å²) in [5.74, 6) is 0. The lowest BCUT2D eigenvalue weighted by atomic mass is 10.1. The van der Waals surface area contributed by atoms with Crippen LogP contribution < -0.4 is 5.32 Å². The molecule has 1 aliphatic rings. The molecule has 2 nitrogen and oxygen atoms in total. The van der Waals surface area contributed by atoms with E-state index in [9.17, 15) is 0 Å². The molecule has 1 aliphatic heterocycles. The molecular formula is C15H31NO. The molecule has 1 atom stereocenters. The Kier molecular flexibility index (Phi) is 9.72. The average Bonchev–Trinajstić information content (AvgIpc) is 2.38. The van der Waals surface area contributed by atoms with Crippen LogP contribution in [0.2, 0.25) is 0 Å². The smallest absolute Gasteiger partial charge is 0.0619 e. The third-order valence-corrected chi connectivity index (χ3v) is 3.62. The molecule has 0 aromatic rings. The van der Waals surface area contributed by atoms with Crippen LogP contribution in [0.25, 0.3) is 0 Å². The molecule has 0 radical (unpaired) electrons. The summed E-state index contributed by atoms with van der Waals surface area (Å²) >= 11 is 0. The van der Waals surface area contributed by atoms with E-state index in [1.807, 2.05) is 0 Å². The van der Waals surface area contributed by atoms with Gasteiger partial charge in [0.1, 0.15) is 0 Å². The molecule has 1 unspecified atom stereocenters. The number of ether oxygens (including phenoxy) is 1. The molecule has 0 amide bonds. The zero-order chi connectivity index (χ0) is 12.2. The number of rotatable bonds is 10. The van der Waals surface area contributed by atoms with Crippen molar-refractivity contribution in [3.05, 3.63) is 0 Å². The standard InChI is InChI=1S/C15H31NO/c1-2-3-4-5-6-7-10-13-17-14-15-11-8-9-12-16-15/h15-16H,2-14H2,1H3. The molecule has 0 aliphatic carbocycles. The van der Waals surface area contributed by atoms with E-state index in [4.69, 9.17) is 4.74 Å². The third kappa shape index (κ3) is 8.62. The number of piperidine rings is 1. The number of nitrogens with one attached hydrogen (secondary N) is 1. The summed E-state index contributed by atoms with van der Waals surface area (Å²) in [5, 5.41) is 3.52. The maximum atomic E-state index is 5.74. The Labute approximate surface area is 108 Å². The summed E-state index contributed by atoms with van der Waals surface area (Å²) < 4.78 is 5.74. The van der Waals surface area contributed by atoms with Crippen molar-refractivity contribution >= 4 is 0 Å². The zero-order valence-corrected chi connectivity index (χ0v) is 11.7. The molecule has 1 heterocycles. The Morgan fingerprint density at radius 3 is 2.47 bits per heavy atom. The molecular weight excluding hydrogens is 210 g/mol. The van der Waals surface area contributed by atoms with E-state index in [1.165, 1.54) is 70.8 Å². The van der Waals surface area contributed by atoms with Crippen molar-refractivity contribution in [1.29, 1.82) is 0 Å². The molecule has 1 saturated heterocycles. The van der Waals surface area contributed by atoms with Crippen LogP contribution in [0, 0.1) is 0 Å². The largest absolute Gasteiger partial charge is 0.380 e. The van der Waals surface area contributed by atoms with E-state index in [1.54, 1.807) is 0 Å². The lowest BCUT2D eigenvalue weighted by Gasteiger charge is -2.23. The van der Waals surface area contributed by atoms with Crippen molar-refractivity contribution in [3.63, 3.8) is 0 Å². The Hall–Kier alpha value is -0.0800. The van der Waals surface area contributed by atoms with Gasteiger partial charge in [0.15, 0.2) is 0 Å². The summed E-state index contributed by atoms with van der Waals surface area (Å²) in [6, 6.07) is 0.633. The van der Waals surface area contributed by atoms with E-state index in [0.717, 1.165) is 13.2 Å². The van der Waals surface area contributed by atoms with Gasteiger partial charge in [0, 0.05) is 12.6 Å². The number of hydrogen-bond acceptors (Lipinski definition) is 2. The minimum absolute atomic E-state index is 0.633. The first-order valence-corrected chi connectivity index (χ1v) is 7.74. The van der Waals surface area contributed by atoms with Crippen molar-refractivity contribution in [2.24, 2.45) is 0 Å². The predicted molar refractivity (Wildman–Crippen MR) is 74.5 cm³/mol. The van der Waals surface area contributed by atoms with Gasteiger partial charge in [-0.25, -0.2) is 0 Å². The minimum Gasteiger partial charge on any atom is -0.380 e. The van der Waals surface area contributed by atoms with E-state index in [0.29, 0.717) is 6.04 Å². The number of hydrogen-bond donors (Lipinski definition) is 1. The predicted octanol–water partition coefficient (Wildman–Crippen LogP) is 3.90. The molecule has 1 rings (SSSR count). The van der Waals surface area contributed by atoms with Crippen molar-refractivity contribution in [3.8, 4) is 0 Å². The highest BCUT2D eigenvalue weighted by atomic mass is 16.5. The van der Waals surface area contributed by atoms with Crippen LogP contribution in [0.3, 0.4) is 0 Å². The fourth-order valence-electron chi connectivity index (χ4n) is 2.45. The van der Waals surface area contributed by atoms with Gasteiger partial charge in [-0.05, 0) is 25.8 Å². The van der Waals surface area contributed by atoms with Crippen molar-refractivity contribution in [1.82, 2.24) is 5.32 Å². The summed E-state index contributed by atoms with van der Waals surface area (Å²) in [4.78, 5) is 0. The van der Waals surface area contributed by atoms with Crippen molar-refractivity contribution in [2.75, 3.05) is 19.8 Å². The maximum Gasteiger partial charge on any atom is 0.0619 e. The Morgan fingerprint density at radius 2 is 1.76 bits per heavy atom. The van der Waals surface area contributed by atoms with Gasteiger partial charge >= 0.3 is 0 Å². The van der Waals surface area contributed by atoms with Crippen LogP contribution in [0.15, 0.2) is 0 Å². The van der Waals surface area contributed by atoms with E-state index >= 15 is 0 Å². The van der Waals surface area contributed by atoms with Crippen LogP contribution in [0.4, 0.5) is 0 Å². The molecule has 17 heavy (non-hydrogen) atoms. The molecule has 0 aromatic carbocycles. The topological polar surface area (TPSA) is 21.3 Å². The quantitative estimate of drug-likeness (QED) is 0.586. The molecule has 0 saturated carbocycles. The first kappa shape index (κ1) is 15.0. The van der Waals surface area contributed by atoms with E-state index in [2.05, 4.69) is 12.2 Å². The first-order valence-electron chi connectivity index (χ1n) is 7.74. The zero-order valence-electron chi connectivity index (χ0n) is 11.7. The summed E-state index contributed by atoms with van der Waals surface area (Å²) in [7, 11) is 0.